The topological polar surface area (TPSA) is 46.5 Å². The summed E-state index contributed by atoms with van der Waals surface area (Å²) in [6.45, 7) is 5.04. The Balaban J connectivity index is 1.37. The summed E-state index contributed by atoms with van der Waals surface area (Å²) < 4.78 is 16.5. The van der Waals surface area contributed by atoms with Crippen LogP contribution in [0.4, 0.5) is 5.69 Å². The summed E-state index contributed by atoms with van der Waals surface area (Å²) in [5.74, 6) is 1.65. The highest BCUT2D eigenvalue weighted by molar-refractivity contribution is 5.89. The Morgan fingerprint density at radius 1 is 0.964 bits per heavy atom. The second kappa shape index (κ2) is 7.81. The summed E-state index contributed by atoms with van der Waals surface area (Å²) in [4.78, 5) is 2.47. The minimum Gasteiger partial charge on any atom is -0.454 e. The minimum absolute atomic E-state index is 0.177. The van der Waals surface area contributed by atoms with E-state index in [0.717, 1.165) is 62.9 Å². The van der Waals surface area contributed by atoms with Crippen LogP contribution in [0.3, 0.4) is 0 Å². The molecule has 3 aliphatic rings. The van der Waals surface area contributed by atoms with E-state index in [-0.39, 0.29) is 6.04 Å². The summed E-state index contributed by atoms with van der Waals surface area (Å²) in [5, 5.41) is 7.17. The SMILES string of the molecule is c1ccc(N2N=C(CCN3CCOCC3)CC2c2ccc3c(c2)OCO3)cc1. The fourth-order valence-corrected chi connectivity index (χ4v) is 4.03. The maximum Gasteiger partial charge on any atom is 0.231 e. The first-order chi connectivity index (χ1) is 13.9. The van der Waals surface area contributed by atoms with Crippen molar-refractivity contribution in [2.24, 2.45) is 5.10 Å². The van der Waals surface area contributed by atoms with E-state index in [1.165, 1.54) is 11.3 Å². The van der Waals surface area contributed by atoms with Gasteiger partial charge in [0.05, 0.1) is 24.9 Å². The number of benzene rings is 2. The largest absolute Gasteiger partial charge is 0.454 e. The van der Waals surface area contributed by atoms with Gasteiger partial charge in [0.25, 0.3) is 0 Å². The molecule has 3 heterocycles. The van der Waals surface area contributed by atoms with Gasteiger partial charge in [0.15, 0.2) is 11.5 Å². The first-order valence-corrected chi connectivity index (χ1v) is 9.97. The maximum absolute atomic E-state index is 5.60. The van der Waals surface area contributed by atoms with E-state index in [1.807, 2.05) is 12.1 Å². The quantitative estimate of drug-likeness (QED) is 0.796. The van der Waals surface area contributed by atoms with Gasteiger partial charge in [-0.25, -0.2) is 0 Å². The van der Waals surface area contributed by atoms with Crippen LogP contribution < -0.4 is 14.5 Å². The lowest BCUT2D eigenvalue weighted by molar-refractivity contribution is 0.0392. The number of hydrazone groups is 1. The van der Waals surface area contributed by atoms with Crippen LogP contribution in [0, 0.1) is 0 Å². The molecule has 0 radical (unpaired) electrons. The van der Waals surface area contributed by atoms with Crippen LogP contribution in [0.1, 0.15) is 24.4 Å². The number of nitrogens with zero attached hydrogens (tertiary/aromatic N) is 3. The van der Waals surface area contributed by atoms with E-state index >= 15 is 0 Å². The molecule has 0 N–H and O–H groups in total. The molecule has 0 aliphatic carbocycles. The number of para-hydroxylation sites is 1. The van der Waals surface area contributed by atoms with Crippen molar-refractivity contribution >= 4 is 11.4 Å². The predicted molar refractivity (Wildman–Crippen MR) is 108 cm³/mol. The van der Waals surface area contributed by atoms with E-state index in [2.05, 4.69) is 46.3 Å². The minimum atomic E-state index is 0.177. The molecular weight excluding hydrogens is 354 g/mol. The highest BCUT2D eigenvalue weighted by Gasteiger charge is 2.30. The Kier molecular flexibility index (Phi) is 4.89. The fraction of sp³-hybridized carbons (Fsp3) is 0.409. The number of hydrogen-bond acceptors (Lipinski definition) is 6. The number of rotatable bonds is 5. The first-order valence-electron chi connectivity index (χ1n) is 9.97. The van der Waals surface area contributed by atoms with Gasteiger partial charge in [-0.15, -0.1) is 0 Å². The van der Waals surface area contributed by atoms with Gasteiger partial charge in [-0.2, -0.15) is 5.10 Å². The summed E-state index contributed by atoms with van der Waals surface area (Å²) in [6, 6.07) is 16.8. The highest BCUT2D eigenvalue weighted by Crippen LogP contribution is 2.40. The average Bonchev–Trinajstić information content (AvgIpc) is 3.40. The second-order valence-electron chi connectivity index (χ2n) is 7.38. The normalized spacial score (nSPS) is 21.8. The number of ether oxygens (including phenoxy) is 3. The zero-order valence-electron chi connectivity index (χ0n) is 15.9. The monoisotopic (exact) mass is 379 g/mol. The lowest BCUT2D eigenvalue weighted by Gasteiger charge is -2.26. The van der Waals surface area contributed by atoms with Crippen molar-refractivity contribution in [2.75, 3.05) is 44.6 Å². The molecule has 6 heteroatoms. The van der Waals surface area contributed by atoms with Crippen LogP contribution in [0.25, 0.3) is 0 Å². The molecule has 2 aromatic rings. The van der Waals surface area contributed by atoms with Crippen LogP contribution in [-0.2, 0) is 4.74 Å². The van der Waals surface area contributed by atoms with Crippen LogP contribution in [-0.4, -0.2) is 50.3 Å². The summed E-state index contributed by atoms with van der Waals surface area (Å²) in [7, 11) is 0. The first kappa shape index (κ1) is 17.5. The summed E-state index contributed by atoms with van der Waals surface area (Å²) >= 11 is 0. The molecule has 5 rings (SSSR count). The second-order valence-corrected chi connectivity index (χ2v) is 7.38. The molecule has 0 spiro atoms. The lowest BCUT2D eigenvalue weighted by atomic mass is 9.99. The molecular formula is C22H25N3O3. The van der Waals surface area contributed by atoms with E-state index in [4.69, 9.17) is 19.3 Å². The van der Waals surface area contributed by atoms with E-state index in [1.54, 1.807) is 0 Å². The smallest absolute Gasteiger partial charge is 0.231 e. The molecule has 0 saturated carbocycles. The van der Waals surface area contributed by atoms with Gasteiger partial charge < -0.3 is 14.2 Å². The van der Waals surface area contributed by atoms with Gasteiger partial charge in [0.2, 0.25) is 6.79 Å². The van der Waals surface area contributed by atoms with Crippen molar-refractivity contribution in [3.05, 3.63) is 54.1 Å². The Bertz CT molecular complexity index is 849. The Morgan fingerprint density at radius 3 is 2.64 bits per heavy atom. The third-order valence-corrected chi connectivity index (χ3v) is 5.60. The van der Waals surface area contributed by atoms with E-state index < -0.39 is 0 Å². The summed E-state index contributed by atoms with van der Waals surface area (Å²) in [6.07, 6.45) is 1.92. The number of hydrogen-bond donors (Lipinski definition) is 0. The standard InChI is InChI=1S/C22H25N3O3/c1-2-4-19(5-3-1)25-20(17-6-7-21-22(14-17)28-16-27-21)15-18(23-25)8-9-24-10-12-26-13-11-24/h1-7,14,20H,8-13,15-16H2. The molecule has 1 atom stereocenters. The van der Waals surface area contributed by atoms with Gasteiger partial charge in [0.1, 0.15) is 0 Å². The average molecular weight is 379 g/mol. The van der Waals surface area contributed by atoms with Crippen LogP contribution >= 0.6 is 0 Å². The summed E-state index contributed by atoms with van der Waals surface area (Å²) in [5.41, 5.74) is 3.57. The van der Waals surface area contributed by atoms with Crippen LogP contribution in [0.5, 0.6) is 11.5 Å². The third-order valence-electron chi connectivity index (χ3n) is 5.60. The highest BCUT2D eigenvalue weighted by atomic mass is 16.7. The van der Waals surface area contributed by atoms with Gasteiger partial charge in [-0.3, -0.25) is 9.91 Å². The van der Waals surface area contributed by atoms with Crippen molar-refractivity contribution in [3.8, 4) is 11.5 Å². The van der Waals surface area contributed by atoms with E-state index in [0.29, 0.717) is 6.79 Å². The van der Waals surface area contributed by atoms with E-state index in [9.17, 15) is 0 Å². The molecule has 2 aromatic carbocycles. The van der Waals surface area contributed by atoms with Crippen molar-refractivity contribution in [2.45, 2.75) is 18.9 Å². The Morgan fingerprint density at radius 2 is 1.79 bits per heavy atom. The van der Waals surface area contributed by atoms with Crippen LogP contribution in [0.2, 0.25) is 0 Å². The molecule has 0 aromatic heterocycles. The van der Waals surface area contributed by atoms with Gasteiger partial charge in [0, 0.05) is 38.2 Å². The molecule has 28 heavy (non-hydrogen) atoms. The third kappa shape index (κ3) is 3.57. The number of fused-ring (bicyclic) bond motifs is 1. The zero-order valence-corrected chi connectivity index (χ0v) is 15.9. The molecule has 1 saturated heterocycles. The molecule has 1 unspecified atom stereocenters. The van der Waals surface area contributed by atoms with Gasteiger partial charge in [-0.1, -0.05) is 24.3 Å². The van der Waals surface area contributed by atoms with Crippen molar-refractivity contribution < 1.29 is 14.2 Å². The van der Waals surface area contributed by atoms with Gasteiger partial charge >= 0.3 is 0 Å². The van der Waals surface area contributed by atoms with Gasteiger partial charge in [-0.05, 0) is 29.8 Å². The molecule has 146 valence electrons. The molecule has 0 amide bonds. The molecule has 1 fully saturated rings. The zero-order chi connectivity index (χ0) is 18.8. The molecule has 6 nitrogen and oxygen atoms in total. The van der Waals surface area contributed by atoms with Crippen LogP contribution in [0.15, 0.2) is 53.6 Å². The van der Waals surface area contributed by atoms with Crippen molar-refractivity contribution in [1.82, 2.24) is 4.90 Å². The van der Waals surface area contributed by atoms with Crippen molar-refractivity contribution in [3.63, 3.8) is 0 Å². The molecule has 0 bridgehead atoms. The molecule has 3 aliphatic heterocycles. The Hall–Kier alpha value is -2.57. The lowest BCUT2D eigenvalue weighted by Crippen LogP contribution is -2.37. The predicted octanol–water partition coefficient (Wildman–Crippen LogP) is 3.45. The number of anilines is 1. The fourth-order valence-electron chi connectivity index (χ4n) is 4.03. The van der Waals surface area contributed by atoms with Crippen molar-refractivity contribution in [1.29, 1.82) is 0 Å². The Labute approximate surface area is 165 Å². The maximum atomic E-state index is 5.60. The number of morpholine rings is 1.